The van der Waals surface area contributed by atoms with Crippen molar-refractivity contribution in [3.8, 4) is 11.5 Å². The standard InChI is InChI=1S/C24H32N6O2.ClH/c1-18-5-8-20(9-6-18)23(29-15-13-28(2)14-16-29)24-25-26-27-30(24)12-11-19-7-10-21(31-3)22(17-19)32-4;/h5-10,17,23H,11-16H2,1-4H3;1H. The van der Waals surface area contributed by atoms with Gasteiger partial charge in [-0.1, -0.05) is 35.9 Å². The first-order chi connectivity index (χ1) is 15.6. The molecule has 178 valence electrons. The Morgan fingerprint density at radius 1 is 0.939 bits per heavy atom. The molecular formula is C24H33ClN6O2. The molecule has 1 atom stereocenters. The van der Waals surface area contributed by atoms with Gasteiger partial charge in [-0.25, -0.2) is 4.68 Å². The summed E-state index contributed by atoms with van der Waals surface area (Å²) in [6, 6.07) is 14.8. The molecule has 3 aromatic rings. The molecule has 0 aliphatic carbocycles. The SMILES string of the molecule is COc1ccc(CCn2nnnc2C(c2ccc(C)cc2)N2CCN(C)CC2)cc1OC.Cl. The topological polar surface area (TPSA) is 68.5 Å². The maximum Gasteiger partial charge on any atom is 0.173 e. The molecule has 0 amide bonds. The van der Waals surface area contributed by atoms with Gasteiger partial charge in [-0.05, 0) is 54.1 Å². The summed E-state index contributed by atoms with van der Waals surface area (Å²) in [5.41, 5.74) is 3.62. The van der Waals surface area contributed by atoms with Crippen LogP contribution in [-0.2, 0) is 13.0 Å². The van der Waals surface area contributed by atoms with Crippen molar-refractivity contribution in [1.29, 1.82) is 0 Å². The van der Waals surface area contributed by atoms with Crippen LogP contribution in [0, 0.1) is 6.92 Å². The van der Waals surface area contributed by atoms with E-state index in [4.69, 9.17) is 9.47 Å². The van der Waals surface area contributed by atoms with E-state index in [1.807, 2.05) is 16.8 Å². The molecule has 1 fully saturated rings. The van der Waals surface area contributed by atoms with E-state index in [1.165, 1.54) is 11.1 Å². The minimum Gasteiger partial charge on any atom is -0.493 e. The van der Waals surface area contributed by atoms with Crippen LogP contribution in [0.3, 0.4) is 0 Å². The number of hydrogen-bond donors (Lipinski definition) is 0. The molecule has 1 aromatic heterocycles. The Kier molecular flexibility index (Phi) is 8.66. The van der Waals surface area contributed by atoms with Gasteiger partial charge in [0.25, 0.3) is 0 Å². The van der Waals surface area contributed by atoms with Gasteiger partial charge < -0.3 is 14.4 Å². The van der Waals surface area contributed by atoms with Crippen LogP contribution >= 0.6 is 12.4 Å². The minimum atomic E-state index is 0. The average Bonchev–Trinajstić information content (AvgIpc) is 3.28. The molecule has 1 saturated heterocycles. The summed E-state index contributed by atoms with van der Waals surface area (Å²) in [6.45, 7) is 6.84. The zero-order valence-corrected chi connectivity index (χ0v) is 20.6. The second-order valence-electron chi connectivity index (χ2n) is 8.35. The summed E-state index contributed by atoms with van der Waals surface area (Å²) in [6.07, 6.45) is 0.793. The number of piperazine rings is 1. The smallest absolute Gasteiger partial charge is 0.173 e. The summed E-state index contributed by atoms with van der Waals surface area (Å²) in [7, 11) is 5.48. The van der Waals surface area contributed by atoms with Crippen molar-refractivity contribution in [1.82, 2.24) is 30.0 Å². The molecule has 4 rings (SSSR count). The first-order valence-electron chi connectivity index (χ1n) is 11.0. The lowest BCUT2D eigenvalue weighted by molar-refractivity contribution is 0.121. The Balaban J connectivity index is 0.00000306. The highest BCUT2D eigenvalue weighted by Crippen LogP contribution is 2.30. The minimum absolute atomic E-state index is 0. The molecule has 33 heavy (non-hydrogen) atoms. The fourth-order valence-electron chi connectivity index (χ4n) is 4.19. The fourth-order valence-corrected chi connectivity index (χ4v) is 4.19. The van der Waals surface area contributed by atoms with Gasteiger partial charge >= 0.3 is 0 Å². The van der Waals surface area contributed by atoms with Gasteiger partial charge in [-0.15, -0.1) is 17.5 Å². The van der Waals surface area contributed by atoms with Crippen LogP contribution in [0.1, 0.15) is 28.6 Å². The second-order valence-corrected chi connectivity index (χ2v) is 8.35. The van der Waals surface area contributed by atoms with Gasteiger partial charge in [-0.3, -0.25) is 4.90 Å². The second kappa shape index (κ2) is 11.4. The largest absolute Gasteiger partial charge is 0.493 e. The maximum absolute atomic E-state index is 5.45. The Morgan fingerprint density at radius 3 is 2.30 bits per heavy atom. The summed E-state index contributed by atoms with van der Waals surface area (Å²) >= 11 is 0. The molecule has 2 heterocycles. The number of likely N-dealkylation sites (N-methyl/N-ethyl adjacent to an activating group) is 1. The third-order valence-electron chi connectivity index (χ3n) is 6.16. The highest BCUT2D eigenvalue weighted by Gasteiger charge is 2.29. The van der Waals surface area contributed by atoms with Crippen molar-refractivity contribution in [3.63, 3.8) is 0 Å². The number of methoxy groups -OCH3 is 2. The van der Waals surface area contributed by atoms with Gasteiger partial charge in [-0.2, -0.15) is 0 Å². The first-order valence-corrected chi connectivity index (χ1v) is 11.0. The number of halogens is 1. The molecule has 0 radical (unpaired) electrons. The van der Waals surface area contributed by atoms with Crippen LogP contribution in [-0.4, -0.2) is 77.5 Å². The monoisotopic (exact) mass is 472 g/mol. The summed E-state index contributed by atoms with van der Waals surface area (Å²) in [5.74, 6) is 2.35. The van der Waals surface area contributed by atoms with E-state index in [0.717, 1.165) is 55.5 Å². The van der Waals surface area contributed by atoms with Gasteiger partial charge in [0.05, 0.1) is 20.3 Å². The summed E-state index contributed by atoms with van der Waals surface area (Å²) < 4.78 is 12.7. The van der Waals surface area contributed by atoms with Crippen molar-refractivity contribution < 1.29 is 9.47 Å². The van der Waals surface area contributed by atoms with Crippen molar-refractivity contribution in [2.24, 2.45) is 0 Å². The van der Waals surface area contributed by atoms with Gasteiger partial charge in [0, 0.05) is 32.7 Å². The Morgan fingerprint density at radius 2 is 1.64 bits per heavy atom. The highest BCUT2D eigenvalue weighted by molar-refractivity contribution is 5.85. The Labute approximate surface area is 201 Å². The van der Waals surface area contributed by atoms with E-state index >= 15 is 0 Å². The zero-order chi connectivity index (χ0) is 22.5. The number of aromatic nitrogens is 4. The lowest BCUT2D eigenvalue weighted by Gasteiger charge is -2.37. The zero-order valence-electron chi connectivity index (χ0n) is 19.8. The number of ether oxygens (including phenoxy) is 2. The predicted octanol–water partition coefficient (Wildman–Crippen LogP) is 3.00. The molecular weight excluding hydrogens is 440 g/mol. The molecule has 1 unspecified atom stereocenters. The first kappa shape index (κ1) is 25.0. The van der Waals surface area contributed by atoms with Crippen LogP contribution in [0.2, 0.25) is 0 Å². The van der Waals surface area contributed by atoms with E-state index in [-0.39, 0.29) is 18.4 Å². The lowest BCUT2D eigenvalue weighted by Crippen LogP contribution is -2.46. The van der Waals surface area contributed by atoms with Crippen LogP contribution in [0.25, 0.3) is 0 Å². The molecule has 0 spiro atoms. The normalized spacial score (nSPS) is 15.6. The third-order valence-corrected chi connectivity index (χ3v) is 6.16. The van der Waals surface area contributed by atoms with E-state index in [9.17, 15) is 0 Å². The van der Waals surface area contributed by atoms with Crippen molar-refractivity contribution in [2.75, 3.05) is 47.4 Å². The lowest BCUT2D eigenvalue weighted by atomic mass is 10.0. The summed E-state index contributed by atoms with van der Waals surface area (Å²) in [5, 5.41) is 12.9. The van der Waals surface area contributed by atoms with E-state index < -0.39 is 0 Å². The van der Waals surface area contributed by atoms with Crippen molar-refractivity contribution >= 4 is 12.4 Å². The molecule has 8 nitrogen and oxygen atoms in total. The Bertz CT molecular complexity index is 1020. The van der Waals surface area contributed by atoms with Crippen molar-refractivity contribution in [2.45, 2.75) is 25.9 Å². The number of benzene rings is 2. The third kappa shape index (κ3) is 5.82. The van der Waals surface area contributed by atoms with E-state index in [1.54, 1.807) is 14.2 Å². The van der Waals surface area contributed by atoms with Crippen molar-refractivity contribution in [3.05, 3.63) is 65.0 Å². The Hall–Kier alpha value is -2.68. The van der Waals surface area contributed by atoms with Crippen LogP contribution < -0.4 is 9.47 Å². The number of nitrogens with zero attached hydrogens (tertiary/aromatic N) is 6. The molecule has 1 aliphatic rings. The van der Waals surface area contributed by atoms with Gasteiger partial charge in [0.15, 0.2) is 17.3 Å². The van der Waals surface area contributed by atoms with E-state index in [0.29, 0.717) is 6.54 Å². The van der Waals surface area contributed by atoms with Crippen LogP contribution in [0.4, 0.5) is 0 Å². The van der Waals surface area contributed by atoms with Gasteiger partial charge in [0.1, 0.15) is 0 Å². The van der Waals surface area contributed by atoms with Crippen LogP contribution in [0.5, 0.6) is 11.5 Å². The molecule has 0 saturated carbocycles. The maximum atomic E-state index is 5.45. The molecule has 0 bridgehead atoms. The quantitative estimate of drug-likeness (QED) is 0.499. The number of hydrogen-bond acceptors (Lipinski definition) is 7. The number of tetrazole rings is 1. The predicted molar refractivity (Wildman–Crippen MR) is 130 cm³/mol. The van der Waals surface area contributed by atoms with Gasteiger partial charge in [0.2, 0.25) is 0 Å². The number of rotatable bonds is 8. The van der Waals surface area contributed by atoms with E-state index in [2.05, 4.69) is 69.6 Å². The highest BCUT2D eigenvalue weighted by atomic mass is 35.5. The van der Waals surface area contributed by atoms with Crippen LogP contribution in [0.15, 0.2) is 42.5 Å². The molecule has 2 aromatic carbocycles. The average molecular weight is 473 g/mol. The number of aryl methyl sites for hydroxylation is 3. The molecule has 9 heteroatoms. The summed E-state index contributed by atoms with van der Waals surface area (Å²) in [4.78, 5) is 4.85. The molecule has 0 N–H and O–H groups in total. The fraction of sp³-hybridized carbons (Fsp3) is 0.458. The molecule has 1 aliphatic heterocycles.